The van der Waals surface area contributed by atoms with E-state index in [9.17, 15) is 4.79 Å². The highest BCUT2D eigenvalue weighted by molar-refractivity contribution is 6.65. The van der Waals surface area contributed by atoms with E-state index in [4.69, 9.17) is 13.6 Å². The van der Waals surface area contributed by atoms with Crippen LogP contribution in [0.15, 0.2) is 0 Å². The Bertz CT molecular complexity index is 222. The Morgan fingerprint density at radius 3 is 2.39 bits per heavy atom. The van der Waals surface area contributed by atoms with Gasteiger partial charge in [0.15, 0.2) is 0 Å². The van der Waals surface area contributed by atoms with Crippen molar-refractivity contribution < 1.29 is 18.4 Å². The average Bonchev–Trinajstić information content (AvgIpc) is 2.37. The van der Waals surface area contributed by atoms with Gasteiger partial charge >= 0.3 is 14.5 Å². The largest absolute Gasteiger partial charge is 0.466 e. The molecule has 0 aliphatic heterocycles. The molecule has 0 aromatic carbocycles. The topological polar surface area (TPSA) is 56.8 Å². The van der Waals surface area contributed by atoms with Gasteiger partial charge in [-0.1, -0.05) is 6.42 Å². The van der Waals surface area contributed by atoms with Crippen molar-refractivity contribution in [3.8, 4) is 0 Å². The third-order valence-electron chi connectivity index (χ3n) is 2.91. The number of esters is 1. The molecule has 18 heavy (non-hydrogen) atoms. The summed E-state index contributed by atoms with van der Waals surface area (Å²) in [4.78, 5) is 11.1. The van der Waals surface area contributed by atoms with E-state index in [1.54, 1.807) is 14.2 Å². The van der Waals surface area contributed by atoms with Crippen LogP contribution in [0.1, 0.15) is 26.2 Å². The van der Waals surface area contributed by atoms with E-state index in [-0.39, 0.29) is 5.97 Å². The third kappa shape index (κ3) is 8.63. The smallest absolute Gasteiger partial charge is 0.334 e. The zero-order valence-corrected chi connectivity index (χ0v) is 13.1. The fourth-order valence-electron chi connectivity index (χ4n) is 1.53. The molecule has 1 N–H and O–H groups in total. The molecule has 0 amide bonds. The first-order valence-corrected chi connectivity index (χ1v) is 9.07. The van der Waals surface area contributed by atoms with Crippen LogP contribution in [0.25, 0.3) is 0 Å². The van der Waals surface area contributed by atoms with Gasteiger partial charge in [0.1, 0.15) is 0 Å². The summed E-state index contributed by atoms with van der Waals surface area (Å²) >= 11 is 0. The van der Waals surface area contributed by atoms with Crippen molar-refractivity contribution in [1.82, 2.24) is 5.32 Å². The molecule has 0 bridgehead atoms. The van der Waals surface area contributed by atoms with E-state index in [2.05, 4.69) is 11.9 Å². The normalized spacial score (nSPS) is 11.6. The number of rotatable bonds is 11. The van der Waals surface area contributed by atoms with Crippen LogP contribution in [-0.4, -0.2) is 48.4 Å². The Morgan fingerprint density at radius 2 is 1.83 bits per heavy atom. The molecule has 0 fully saturated rings. The monoisotopic (exact) mass is 277 g/mol. The molecule has 0 atom stereocenters. The van der Waals surface area contributed by atoms with Gasteiger partial charge in [-0.3, -0.25) is 4.79 Å². The summed E-state index contributed by atoms with van der Waals surface area (Å²) in [7, 11) is 1.53. The lowest BCUT2D eigenvalue weighted by Crippen LogP contribution is -2.36. The van der Waals surface area contributed by atoms with Gasteiger partial charge in [-0.05, 0) is 32.5 Å². The second kappa shape index (κ2) is 10.5. The predicted molar refractivity (Wildman–Crippen MR) is 73.8 cm³/mol. The van der Waals surface area contributed by atoms with Crippen LogP contribution in [0.3, 0.4) is 0 Å². The standard InChI is InChI=1S/C12H27NO4Si/c1-5-17-12(14)8-10-13-9-6-7-11-18(4,15-2)16-3/h13H,5-11H2,1-4H3. The van der Waals surface area contributed by atoms with Crippen LogP contribution in [0, 0.1) is 0 Å². The minimum absolute atomic E-state index is 0.135. The predicted octanol–water partition coefficient (Wildman–Crippen LogP) is 1.67. The van der Waals surface area contributed by atoms with Gasteiger partial charge in [-0.25, -0.2) is 0 Å². The quantitative estimate of drug-likeness (QED) is 0.354. The van der Waals surface area contributed by atoms with Gasteiger partial charge in [0.2, 0.25) is 0 Å². The Balaban J connectivity index is 3.38. The highest BCUT2D eigenvalue weighted by Gasteiger charge is 2.27. The zero-order chi connectivity index (χ0) is 13.9. The minimum atomic E-state index is -1.90. The first-order valence-electron chi connectivity index (χ1n) is 6.54. The fraction of sp³-hybridized carbons (Fsp3) is 0.917. The van der Waals surface area contributed by atoms with E-state index >= 15 is 0 Å². The van der Waals surface area contributed by atoms with Gasteiger partial charge < -0.3 is 18.9 Å². The molecule has 6 heteroatoms. The highest BCUT2D eigenvalue weighted by atomic mass is 28.4. The van der Waals surface area contributed by atoms with E-state index in [0.29, 0.717) is 19.6 Å². The molecule has 0 aliphatic rings. The van der Waals surface area contributed by atoms with Crippen LogP contribution in [0.5, 0.6) is 0 Å². The first kappa shape index (κ1) is 17.6. The Hall–Kier alpha value is -0.433. The number of carbonyl (C=O) groups excluding carboxylic acids is 1. The third-order valence-corrected chi connectivity index (χ3v) is 5.90. The fourth-order valence-corrected chi connectivity index (χ4v) is 3.00. The second-order valence-electron chi connectivity index (χ2n) is 4.30. The van der Waals surface area contributed by atoms with Crippen molar-refractivity contribution in [1.29, 1.82) is 0 Å². The minimum Gasteiger partial charge on any atom is -0.466 e. The van der Waals surface area contributed by atoms with Crippen molar-refractivity contribution in [2.45, 2.75) is 38.8 Å². The molecule has 0 saturated carbocycles. The SMILES string of the molecule is CCOC(=O)CCNCCCC[Si](C)(OC)OC. The van der Waals surface area contributed by atoms with Crippen LogP contribution in [0.2, 0.25) is 12.6 Å². The van der Waals surface area contributed by atoms with Gasteiger partial charge in [-0.15, -0.1) is 0 Å². The lowest BCUT2D eigenvalue weighted by atomic mass is 10.3. The van der Waals surface area contributed by atoms with E-state index in [1.165, 1.54) is 0 Å². The summed E-state index contributed by atoms with van der Waals surface area (Å²) in [6.45, 7) is 5.94. The number of carbonyl (C=O) groups is 1. The molecule has 0 rings (SSSR count). The second-order valence-corrected chi connectivity index (χ2v) is 7.89. The van der Waals surface area contributed by atoms with Gasteiger partial charge in [0, 0.05) is 20.8 Å². The number of hydrogen-bond acceptors (Lipinski definition) is 5. The Morgan fingerprint density at radius 1 is 1.17 bits per heavy atom. The Labute approximate surface area is 111 Å². The lowest BCUT2D eigenvalue weighted by Gasteiger charge is -2.22. The van der Waals surface area contributed by atoms with E-state index in [1.807, 2.05) is 6.92 Å². The van der Waals surface area contributed by atoms with Crippen LogP contribution in [-0.2, 0) is 18.4 Å². The molecule has 0 radical (unpaired) electrons. The van der Waals surface area contributed by atoms with Crippen LogP contribution >= 0.6 is 0 Å². The summed E-state index contributed by atoms with van der Waals surface area (Å²) in [6.07, 6.45) is 2.59. The zero-order valence-electron chi connectivity index (χ0n) is 12.1. The number of ether oxygens (including phenoxy) is 1. The molecule has 5 nitrogen and oxygen atoms in total. The maximum atomic E-state index is 11.1. The number of unbranched alkanes of at least 4 members (excludes halogenated alkanes) is 1. The van der Waals surface area contributed by atoms with Gasteiger partial charge in [0.25, 0.3) is 0 Å². The van der Waals surface area contributed by atoms with Crippen molar-refractivity contribution in [2.75, 3.05) is 33.9 Å². The molecule has 0 spiro atoms. The summed E-state index contributed by atoms with van der Waals surface area (Å²) in [5.74, 6) is -0.135. The molecule has 108 valence electrons. The van der Waals surface area contributed by atoms with Gasteiger partial charge in [-0.2, -0.15) is 0 Å². The van der Waals surface area contributed by atoms with Crippen molar-refractivity contribution >= 4 is 14.5 Å². The number of hydrogen-bond donors (Lipinski definition) is 1. The molecular weight excluding hydrogens is 250 g/mol. The lowest BCUT2D eigenvalue weighted by molar-refractivity contribution is -0.142. The molecular formula is C12H27NO4Si. The summed E-state index contributed by atoms with van der Waals surface area (Å²) in [5, 5.41) is 3.23. The van der Waals surface area contributed by atoms with E-state index < -0.39 is 8.56 Å². The van der Waals surface area contributed by atoms with Gasteiger partial charge in [0.05, 0.1) is 13.0 Å². The molecule has 0 unspecified atom stereocenters. The molecule has 0 heterocycles. The maximum Gasteiger partial charge on any atom is 0.334 e. The molecule has 0 aromatic rings. The van der Waals surface area contributed by atoms with E-state index in [0.717, 1.165) is 25.4 Å². The summed E-state index contributed by atoms with van der Waals surface area (Å²) < 4.78 is 15.7. The summed E-state index contributed by atoms with van der Waals surface area (Å²) in [5.41, 5.74) is 0. The number of nitrogens with one attached hydrogen (secondary N) is 1. The molecule has 0 saturated heterocycles. The van der Waals surface area contributed by atoms with Crippen LogP contribution in [0.4, 0.5) is 0 Å². The first-order chi connectivity index (χ1) is 8.58. The van der Waals surface area contributed by atoms with Crippen LogP contribution < -0.4 is 5.32 Å². The maximum absolute atomic E-state index is 11.1. The highest BCUT2D eigenvalue weighted by Crippen LogP contribution is 2.14. The van der Waals surface area contributed by atoms with Crippen molar-refractivity contribution in [2.24, 2.45) is 0 Å². The van der Waals surface area contributed by atoms with Crippen molar-refractivity contribution in [3.63, 3.8) is 0 Å². The average molecular weight is 277 g/mol. The molecule has 0 aromatic heterocycles. The molecule has 0 aliphatic carbocycles. The summed E-state index contributed by atoms with van der Waals surface area (Å²) in [6, 6.07) is 1.000. The van der Waals surface area contributed by atoms with Crippen molar-refractivity contribution in [3.05, 3.63) is 0 Å². The Kier molecular flexibility index (Phi) is 10.2.